The minimum absolute atomic E-state index is 0.343. The van der Waals surface area contributed by atoms with E-state index < -0.39 is 11.9 Å². The Bertz CT molecular complexity index is 1300. The maximum absolute atomic E-state index is 12.5. The fourth-order valence-corrected chi connectivity index (χ4v) is 3.03. The van der Waals surface area contributed by atoms with Gasteiger partial charge in [0.2, 0.25) is 0 Å². The Morgan fingerprint density at radius 2 is 0.938 bits per heavy atom. The van der Waals surface area contributed by atoms with Crippen LogP contribution in [0.2, 0.25) is 0 Å². The highest BCUT2D eigenvalue weighted by atomic mass is 16.5. The Hall–Kier alpha value is -4.94. The summed E-state index contributed by atoms with van der Waals surface area (Å²) in [5.74, 6) is -0.369. The van der Waals surface area contributed by atoms with Gasteiger partial charge in [-0.05, 0) is 83.6 Å². The molecule has 0 aliphatic carbocycles. The van der Waals surface area contributed by atoms with E-state index >= 15 is 0 Å². The van der Waals surface area contributed by atoms with Crippen molar-refractivity contribution in [3.05, 3.63) is 107 Å². The zero-order valence-electron chi connectivity index (χ0n) is 16.6. The van der Waals surface area contributed by atoms with E-state index in [2.05, 4.69) is 0 Å². The first-order valence-electron chi connectivity index (χ1n) is 9.54. The molecule has 32 heavy (non-hydrogen) atoms. The molecule has 4 aromatic rings. The summed E-state index contributed by atoms with van der Waals surface area (Å²) in [6, 6.07) is 26.6. The number of ether oxygens (including phenoxy) is 2. The van der Waals surface area contributed by atoms with E-state index in [1.807, 2.05) is 12.1 Å². The second-order valence-corrected chi connectivity index (χ2v) is 6.83. The van der Waals surface area contributed by atoms with Crippen molar-refractivity contribution in [3.63, 3.8) is 0 Å². The number of carbonyl (C=O) groups is 2. The maximum atomic E-state index is 12.5. The van der Waals surface area contributed by atoms with Crippen LogP contribution in [-0.2, 0) is 0 Å². The van der Waals surface area contributed by atoms with Gasteiger partial charge >= 0.3 is 11.9 Å². The maximum Gasteiger partial charge on any atom is 0.343 e. The summed E-state index contributed by atoms with van der Waals surface area (Å²) in [6.45, 7) is 0. The van der Waals surface area contributed by atoms with Crippen molar-refractivity contribution in [2.24, 2.45) is 0 Å². The molecule has 6 nitrogen and oxygen atoms in total. The van der Waals surface area contributed by atoms with E-state index in [0.29, 0.717) is 33.8 Å². The number of nitriles is 2. The molecular formula is C26H14N2O4. The van der Waals surface area contributed by atoms with Crippen molar-refractivity contribution < 1.29 is 19.1 Å². The minimum atomic E-state index is -0.527. The summed E-state index contributed by atoms with van der Waals surface area (Å²) in [6.07, 6.45) is 0. The minimum Gasteiger partial charge on any atom is -0.423 e. The molecule has 0 bridgehead atoms. The third-order valence-electron chi connectivity index (χ3n) is 4.70. The van der Waals surface area contributed by atoms with Crippen molar-refractivity contribution in [2.45, 2.75) is 0 Å². The lowest BCUT2D eigenvalue weighted by molar-refractivity contribution is 0.0725. The van der Waals surface area contributed by atoms with E-state index in [1.165, 1.54) is 0 Å². The van der Waals surface area contributed by atoms with Crippen molar-refractivity contribution in [1.82, 2.24) is 0 Å². The Morgan fingerprint density at radius 3 is 1.28 bits per heavy atom. The number of carbonyl (C=O) groups excluding carboxylic acids is 2. The lowest BCUT2D eigenvalue weighted by Gasteiger charge is -2.08. The second kappa shape index (κ2) is 8.83. The van der Waals surface area contributed by atoms with Crippen LogP contribution in [0.25, 0.3) is 10.8 Å². The topological polar surface area (TPSA) is 100 Å². The fraction of sp³-hybridized carbons (Fsp3) is 0. The molecule has 0 fully saturated rings. The number of hydrogen-bond donors (Lipinski definition) is 0. The molecule has 0 saturated carbocycles. The van der Waals surface area contributed by atoms with Crippen molar-refractivity contribution in [3.8, 4) is 23.6 Å². The zero-order chi connectivity index (χ0) is 22.5. The van der Waals surface area contributed by atoms with Crippen LogP contribution in [0.5, 0.6) is 11.5 Å². The smallest absolute Gasteiger partial charge is 0.343 e. The van der Waals surface area contributed by atoms with E-state index in [1.54, 1.807) is 84.9 Å². The zero-order valence-corrected chi connectivity index (χ0v) is 16.6. The number of nitrogens with zero attached hydrogens (tertiary/aromatic N) is 2. The van der Waals surface area contributed by atoms with Gasteiger partial charge in [0.25, 0.3) is 0 Å². The number of fused-ring (bicyclic) bond motifs is 1. The molecular weight excluding hydrogens is 404 g/mol. The van der Waals surface area contributed by atoms with Crippen LogP contribution in [0.1, 0.15) is 31.8 Å². The molecule has 4 aromatic carbocycles. The normalized spacial score (nSPS) is 10.1. The Labute approximate surface area is 183 Å². The first kappa shape index (κ1) is 20.3. The molecule has 0 saturated heterocycles. The SMILES string of the molecule is N#Cc1ccc(OC(=O)c2ccc3cc(C(=O)Oc4ccc(C#N)cc4)ccc3c2)cc1. The Kier molecular flexibility index (Phi) is 5.61. The lowest BCUT2D eigenvalue weighted by atomic mass is 10.0. The summed E-state index contributed by atoms with van der Waals surface area (Å²) >= 11 is 0. The molecule has 0 aliphatic heterocycles. The molecule has 0 N–H and O–H groups in total. The molecule has 152 valence electrons. The lowest BCUT2D eigenvalue weighted by Crippen LogP contribution is -2.09. The van der Waals surface area contributed by atoms with Crippen LogP contribution in [0.15, 0.2) is 84.9 Å². The summed E-state index contributed by atoms with van der Waals surface area (Å²) in [5, 5.41) is 19.2. The molecule has 6 heteroatoms. The van der Waals surface area contributed by atoms with Crippen LogP contribution >= 0.6 is 0 Å². The van der Waals surface area contributed by atoms with Gasteiger partial charge in [-0.2, -0.15) is 10.5 Å². The summed E-state index contributed by atoms with van der Waals surface area (Å²) < 4.78 is 10.7. The van der Waals surface area contributed by atoms with Crippen LogP contribution in [0.3, 0.4) is 0 Å². The number of esters is 2. The first-order chi connectivity index (χ1) is 15.6. The third kappa shape index (κ3) is 4.46. The van der Waals surface area contributed by atoms with Gasteiger partial charge in [0, 0.05) is 0 Å². The largest absolute Gasteiger partial charge is 0.423 e. The van der Waals surface area contributed by atoms with E-state index in [-0.39, 0.29) is 0 Å². The average molecular weight is 418 g/mol. The van der Waals surface area contributed by atoms with Gasteiger partial charge in [-0.1, -0.05) is 12.1 Å². The van der Waals surface area contributed by atoms with E-state index in [0.717, 1.165) is 10.8 Å². The van der Waals surface area contributed by atoms with E-state index in [4.69, 9.17) is 20.0 Å². The molecule has 0 radical (unpaired) electrons. The number of benzene rings is 4. The first-order valence-corrected chi connectivity index (χ1v) is 9.54. The van der Waals surface area contributed by atoms with E-state index in [9.17, 15) is 9.59 Å². The number of rotatable bonds is 4. The molecule has 0 amide bonds. The Balaban J connectivity index is 1.49. The molecule has 4 rings (SSSR count). The van der Waals surface area contributed by atoms with Crippen molar-refractivity contribution in [2.75, 3.05) is 0 Å². The summed E-state index contributed by atoms with van der Waals surface area (Å²) in [4.78, 5) is 24.9. The van der Waals surface area contributed by atoms with Gasteiger partial charge in [-0.25, -0.2) is 9.59 Å². The van der Waals surface area contributed by atoms with Crippen molar-refractivity contribution >= 4 is 22.7 Å². The second-order valence-electron chi connectivity index (χ2n) is 6.83. The van der Waals surface area contributed by atoms with Crippen LogP contribution in [-0.4, -0.2) is 11.9 Å². The average Bonchev–Trinajstić information content (AvgIpc) is 2.84. The van der Waals surface area contributed by atoms with Crippen LogP contribution < -0.4 is 9.47 Å². The predicted molar refractivity (Wildman–Crippen MR) is 116 cm³/mol. The fourth-order valence-electron chi connectivity index (χ4n) is 3.03. The van der Waals surface area contributed by atoms with Crippen LogP contribution in [0.4, 0.5) is 0 Å². The molecule has 0 atom stereocenters. The number of hydrogen-bond acceptors (Lipinski definition) is 6. The van der Waals surface area contributed by atoms with Gasteiger partial charge in [0.05, 0.1) is 34.4 Å². The highest BCUT2D eigenvalue weighted by molar-refractivity contribution is 5.99. The van der Waals surface area contributed by atoms with Crippen LogP contribution in [0, 0.1) is 22.7 Å². The summed E-state index contributed by atoms with van der Waals surface area (Å²) in [5.41, 5.74) is 1.66. The van der Waals surface area contributed by atoms with Gasteiger partial charge in [-0.15, -0.1) is 0 Å². The standard InChI is InChI=1S/C26H14N2O4/c27-15-17-1-9-23(10-2-17)31-25(29)21-7-5-20-14-22(8-6-19(20)13-21)26(30)32-24-11-3-18(16-28)4-12-24/h1-14H. The highest BCUT2D eigenvalue weighted by Gasteiger charge is 2.13. The molecule has 0 aromatic heterocycles. The van der Waals surface area contributed by atoms with Gasteiger partial charge in [-0.3, -0.25) is 0 Å². The molecule has 0 heterocycles. The predicted octanol–water partition coefficient (Wildman–Crippen LogP) is 5.02. The molecule has 0 unspecified atom stereocenters. The van der Waals surface area contributed by atoms with Gasteiger partial charge in [0.1, 0.15) is 11.5 Å². The highest BCUT2D eigenvalue weighted by Crippen LogP contribution is 2.21. The monoisotopic (exact) mass is 418 g/mol. The summed E-state index contributed by atoms with van der Waals surface area (Å²) in [7, 11) is 0. The molecule has 0 aliphatic rings. The Morgan fingerprint density at radius 1 is 0.562 bits per heavy atom. The quantitative estimate of drug-likeness (QED) is 0.341. The van der Waals surface area contributed by atoms with Gasteiger partial charge in [0.15, 0.2) is 0 Å². The van der Waals surface area contributed by atoms with Crippen molar-refractivity contribution in [1.29, 1.82) is 10.5 Å². The van der Waals surface area contributed by atoms with Gasteiger partial charge < -0.3 is 9.47 Å². The molecule has 0 spiro atoms. The third-order valence-corrected chi connectivity index (χ3v) is 4.70.